The maximum atomic E-state index is 13.9. The molecule has 1 aromatic heterocycles. The van der Waals surface area contributed by atoms with Gasteiger partial charge in [-0.1, -0.05) is 45.4 Å². The highest BCUT2D eigenvalue weighted by atomic mass is 16.5. The molecule has 1 unspecified atom stereocenters. The first-order chi connectivity index (χ1) is 18.9. The first kappa shape index (κ1) is 30.2. The highest BCUT2D eigenvalue weighted by Gasteiger charge is 2.27. The Morgan fingerprint density at radius 2 is 1.62 bits per heavy atom. The Morgan fingerprint density at radius 1 is 0.974 bits per heavy atom. The topological polar surface area (TPSA) is 90.3 Å². The van der Waals surface area contributed by atoms with Crippen molar-refractivity contribution in [2.24, 2.45) is 0 Å². The summed E-state index contributed by atoms with van der Waals surface area (Å²) in [5.41, 5.74) is 1.04. The summed E-state index contributed by atoms with van der Waals surface area (Å²) < 4.78 is 12.3. The molecule has 0 spiro atoms. The summed E-state index contributed by atoms with van der Waals surface area (Å²) in [6, 6.07) is 12.2. The van der Waals surface area contributed by atoms with Crippen molar-refractivity contribution in [3.63, 3.8) is 0 Å². The third kappa shape index (κ3) is 7.82. The zero-order valence-corrected chi connectivity index (χ0v) is 24.2. The van der Waals surface area contributed by atoms with Crippen LogP contribution in [0.15, 0.2) is 47.3 Å². The van der Waals surface area contributed by atoms with Crippen LogP contribution in [0.5, 0.6) is 11.5 Å². The number of ether oxygens (including phenoxy) is 2. The molecule has 0 aliphatic rings. The van der Waals surface area contributed by atoms with Crippen LogP contribution in [0.3, 0.4) is 0 Å². The smallest absolute Gasteiger partial charge is 0.266 e. The van der Waals surface area contributed by atoms with Gasteiger partial charge in [-0.25, -0.2) is 4.98 Å². The molecule has 0 saturated heterocycles. The van der Waals surface area contributed by atoms with Gasteiger partial charge in [-0.2, -0.15) is 0 Å². The van der Waals surface area contributed by atoms with E-state index in [1.807, 2.05) is 43.1 Å². The van der Waals surface area contributed by atoms with E-state index >= 15 is 0 Å². The lowest BCUT2D eigenvalue weighted by Crippen LogP contribution is -2.81. The van der Waals surface area contributed by atoms with Gasteiger partial charge in [0.2, 0.25) is 5.91 Å². The monoisotopic (exact) mass is 537 g/mol. The fraction of sp³-hybridized carbons (Fsp3) is 0.516. The van der Waals surface area contributed by atoms with Crippen LogP contribution in [0.1, 0.15) is 77.1 Å². The number of quaternary nitrogens is 1. The van der Waals surface area contributed by atoms with Gasteiger partial charge in [0.15, 0.2) is 0 Å². The normalized spacial score (nSPS) is 11.9. The van der Waals surface area contributed by atoms with Gasteiger partial charge in [-0.3, -0.25) is 14.2 Å². The van der Waals surface area contributed by atoms with E-state index < -0.39 is 6.04 Å². The van der Waals surface area contributed by atoms with Crippen molar-refractivity contribution in [2.45, 2.75) is 71.3 Å². The van der Waals surface area contributed by atoms with Crippen molar-refractivity contribution in [1.82, 2.24) is 14.5 Å². The Balaban J connectivity index is 1.98. The molecule has 2 N–H and O–H groups in total. The summed E-state index contributed by atoms with van der Waals surface area (Å²) in [6.45, 7) is 5.53. The van der Waals surface area contributed by atoms with E-state index in [2.05, 4.69) is 12.2 Å². The highest BCUT2D eigenvalue weighted by Crippen LogP contribution is 2.26. The van der Waals surface area contributed by atoms with Crippen LogP contribution in [0.25, 0.3) is 16.6 Å². The van der Waals surface area contributed by atoms with Crippen molar-refractivity contribution in [2.75, 3.05) is 34.4 Å². The van der Waals surface area contributed by atoms with Crippen LogP contribution in [-0.2, 0) is 4.79 Å². The van der Waals surface area contributed by atoms with Crippen LogP contribution in [0.4, 0.5) is 0 Å². The summed E-state index contributed by atoms with van der Waals surface area (Å²) in [6.07, 6.45) is 8.61. The van der Waals surface area contributed by atoms with Crippen molar-refractivity contribution >= 4 is 16.8 Å². The number of benzene rings is 2. The number of likely N-dealkylation sites (N-methyl/N-ethyl adjacent to an activating group) is 1. The van der Waals surface area contributed by atoms with E-state index in [-0.39, 0.29) is 11.5 Å². The van der Waals surface area contributed by atoms with Crippen LogP contribution < -0.4 is 20.3 Å². The first-order valence-electron chi connectivity index (χ1n) is 14.3. The molecule has 212 valence electrons. The summed E-state index contributed by atoms with van der Waals surface area (Å²) in [4.78, 5) is 34.3. The molecular weight excluding hydrogens is 492 g/mol. The maximum Gasteiger partial charge on any atom is 0.266 e. The fourth-order valence-corrected chi connectivity index (χ4v) is 4.89. The lowest BCUT2D eigenvalue weighted by molar-refractivity contribution is -0.626. The lowest BCUT2D eigenvalue weighted by atomic mass is 10.1. The number of aromatic nitrogens is 2. The van der Waals surface area contributed by atoms with Crippen LogP contribution in [0, 0.1) is 0 Å². The molecular formula is C31H45N4O4+. The van der Waals surface area contributed by atoms with Crippen LogP contribution in [-0.4, -0.2) is 54.7 Å². The minimum Gasteiger partial charge on any atom is -0.497 e. The van der Waals surface area contributed by atoms with Crippen molar-refractivity contribution in [1.29, 1.82) is 0 Å². The lowest BCUT2D eigenvalue weighted by Gasteiger charge is -2.30. The number of unbranched alkanes of at least 4 members (excludes halogenated alkanes) is 6. The number of carbonyl (C=O) groups excluding carboxylic acids is 1. The third-order valence-corrected chi connectivity index (χ3v) is 7.25. The van der Waals surface area contributed by atoms with Crippen molar-refractivity contribution in [3.05, 3.63) is 58.6 Å². The molecule has 0 aliphatic carbocycles. The average molecular weight is 538 g/mol. The number of amides is 1. The molecule has 39 heavy (non-hydrogen) atoms. The van der Waals surface area contributed by atoms with Gasteiger partial charge in [-0.05, 0) is 55.8 Å². The minimum atomic E-state index is -0.400. The van der Waals surface area contributed by atoms with Gasteiger partial charge in [0.1, 0.15) is 17.3 Å². The molecule has 0 saturated carbocycles. The predicted molar refractivity (Wildman–Crippen MR) is 156 cm³/mol. The summed E-state index contributed by atoms with van der Waals surface area (Å²) in [5, 5.41) is 2.53. The maximum absolute atomic E-state index is 13.9. The van der Waals surface area contributed by atoms with Gasteiger partial charge >= 0.3 is 0 Å². The molecule has 3 aromatic rings. The number of fused-ring (bicyclic) bond motifs is 1. The number of hydrogen-bond donors (Lipinski definition) is 1. The van der Waals surface area contributed by atoms with Gasteiger partial charge in [0.25, 0.3) is 5.56 Å². The van der Waals surface area contributed by atoms with Gasteiger partial charge in [-0.15, -0.1) is 0 Å². The largest absolute Gasteiger partial charge is 0.497 e. The van der Waals surface area contributed by atoms with Gasteiger partial charge in [0, 0.05) is 6.42 Å². The molecule has 1 atom stereocenters. The van der Waals surface area contributed by atoms with Crippen molar-refractivity contribution < 1.29 is 19.6 Å². The average Bonchev–Trinajstić information content (AvgIpc) is 2.96. The molecule has 0 aliphatic heterocycles. The van der Waals surface area contributed by atoms with Gasteiger partial charge < -0.3 is 19.7 Å². The zero-order valence-electron chi connectivity index (χ0n) is 24.2. The molecule has 3 rings (SSSR count). The Kier molecular flexibility index (Phi) is 11.8. The number of rotatable bonds is 16. The summed E-state index contributed by atoms with van der Waals surface area (Å²) in [7, 11) is 5.18. The van der Waals surface area contributed by atoms with Crippen LogP contribution >= 0.6 is 0 Å². The Bertz CT molecular complexity index is 1260. The SMILES string of the molecule is CCCCCCCCCC(=O)N(CC[NH2+]C)C(C)c1nc2ccc(OC)cc2c(=O)n1-c1ccc(OC)cc1. The Morgan fingerprint density at radius 3 is 2.26 bits per heavy atom. The second-order valence-corrected chi connectivity index (χ2v) is 10.0. The second kappa shape index (κ2) is 15.3. The van der Waals surface area contributed by atoms with E-state index in [4.69, 9.17) is 14.5 Å². The third-order valence-electron chi connectivity index (χ3n) is 7.25. The van der Waals surface area contributed by atoms with Gasteiger partial charge in [0.05, 0.1) is 57.0 Å². The fourth-order valence-electron chi connectivity index (χ4n) is 4.89. The minimum absolute atomic E-state index is 0.100. The van der Waals surface area contributed by atoms with Crippen LogP contribution in [0.2, 0.25) is 0 Å². The predicted octanol–water partition coefficient (Wildman–Crippen LogP) is 4.63. The van der Waals surface area contributed by atoms with E-state index in [9.17, 15) is 9.59 Å². The number of methoxy groups -OCH3 is 2. The number of carbonyl (C=O) groups is 1. The Labute approximate surface area is 232 Å². The van der Waals surface area contributed by atoms with Crippen molar-refractivity contribution in [3.8, 4) is 17.2 Å². The number of nitrogens with two attached hydrogens (primary N) is 1. The number of hydrogen-bond acceptors (Lipinski definition) is 5. The van der Waals surface area contributed by atoms with E-state index in [0.29, 0.717) is 46.9 Å². The molecule has 1 amide bonds. The van der Waals surface area contributed by atoms with E-state index in [0.717, 1.165) is 25.8 Å². The second-order valence-electron chi connectivity index (χ2n) is 10.0. The molecule has 8 heteroatoms. The summed E-state index contributed by atoms with van der Waals surface area (Å²) >= 11 is 0. The zero-order chi connectivity index (χ0) is 28.2. The molecule has 0 fully saturated rings. The number of nitrogens with zero attached hydrogens (tertiary/aromatic N) is 3. The summed E-state index contributed by atoms with van der Waals surface area (Å²) in [5.74, 6) is 1.92. The van der Waals surface area contributed by atoms with E-state index in [1.165, 1.54) is 25.7 Å². The van der Waals surface area contributed by atoms with E-state index in [1.54, 1.807) is 37.0 Å². The molecule has 8 nitrogen and oxygen atoms in total. The molecule has 2 aromatic carbocycles. The quantitative estimate of drug-likeness (QED) is 0.269. The highest BCUT2D eigenvalue weighted by molar-refractivity contribution is 5.80. The molecule has 0 bridgehead atoms. The molecule has 1 heterocycles. The molecule has 0 radical (unpaired) electrons. The standard InChI is InChI=1S/C31H44N4O4/c1-6-7-8-9-10-11-12-13-29(36)34(21-20-32-3)23(2)30-33-28-19-18-26(39-5)22-27(28)31(37)35(30)24-14-16-25(38-4)17-15-24/h14-19,22-23,32H,6-13,20-21H2,1-5H3/p+1. The first-order valence-corrected chi connectivity index (χ1v) is 14.3. The Hall–Kier alpha value is -3.39.